The summed E-state index contributed by atoms with van der Waals surface area (Å²) in [4.78, 5) is 21.0. The van der Waals surface area contributed by atoms with E-state index >= 15 is 0 Å². The van der Waals surface area contributed by atoms with E-state index < -0.39 is 0 Å². The monoisotopic (exact) mass is 439 g/mol. The van der Waals surface area contributed by atoms with Crippen molar-refractivity contribution < 1.29 is 4.79 Å². The van der Waals surface area contributed by atoms with Crippen LogP contribution in [0.1, 0.15) is 31.4 Å². The minimum atomic E-state index is 0.0797. The zero-order chi connectivity index (χ0) is 22.8. The predicted molar refractivity (Wildman–Crippen MR) is 131 cm³/mol. The van der Waals surface area contributed by atoms with E-state index in [0.717, 1.165) is 47.7 Å². The number of anilines is 3. The summed E-state index contributed by atoms with van der Waals surface area (Å²) in [5.74, 6) is 0.182. The molecule has 1 fully saturated rings. The van der Waals surface area contributed by atoms with Crippen LogP contribution in [0, 0.1) is 5.92 Å². The van der Waals surface area contributed by atoms with Gasteiger partial charge in [0.25, 0.3) is 0 Å². The Hall–Kier alpha value is -4.20. The minimum absolute atomic E-state index is 0.0797. The number of nitrogens with two attached hydrogens (primary N) is 1. The first-order valence-electron chi connectivity index (χ1n) is 11.0. The fraction of sp³-hybridized carbons (Fsp3) is 0.200. The summed E-state index contributed by atoms with van der Waals surface area (Å²) in [5.41, 5.74) is 12.0. The van der Waals surface area contributed by atoms with Gasteiger partial charge in [0.2, 0.25) is 5.91 Å². The largest absolute Gasteiger partial charge is 0.397 e. The summed E-state index contributed by atoms with van der Waals surface area (Å²) >= 11 is 0. The normalized spacial score (nSPS) is 13.8. The Morgan fingerprint density at radius 1 is 1.03 bits per heavy atom. The van der Waals surface area contributed by atoms with Crippen LogP contribution < -0.4 is 16.4 Å². The number of nitrogens with one attached hydrogen (secondary N) is 3. The molecule has 5 N–H and O–H groups in total. The van der Waals surface area contributed by atoms with Crippen molar-refractivity contribution in [3.8, 4) is 11.1 Å². The fourth-order valence-corrected chi connectivity index (χ4v) is 4.25. The van der Waals surface area contributed by atoms with Crippen LogP contribution in [0.2, 0.25) is 0 Å². The maximum Gasteiger partial charge on any atom is 0.227 e. The van der Waals surface area contributed by atoms with Crippen molar-refractivity contribution >= 4 is 39.6 Å². The smallest absolute Gasteiger partial charge is 0.227 e. The summed E-state index contributed by atoms with van der Waals surface area (Å²) in [6.07, 6.45) is 10.9. The van der Waals surface area contributed by atoms with Crippen molar-refractivity contribution in [3.63, 3.8) is 0 Å². The molecule has 0 saturated heterocycles. The van der Waals surface area contributed by atoms with Gasteiger partial charge in [-0.25, -0.2) is 0 Å². The number of benzene rings is 1. The van der Waals surface area contributed by atoms with E-state index in [1.54, 1.807) is 30.9 Å². The van der Waals surface area contributed by atoms with Gasteiger partial charge in [-0.3, -0.25) is 19.9 Å². The number of amides is 1. The first kappa shape index (κ1) is 20.7. The first-order chi connectivity index (χ1) is 16.1. The molecular weight excluding hydrogens is 414 g/mol. The van der Waals surface area contributed by atoms with Gasteiger partial charge >= 0.3 is 0 Å². The average Bonchev–Trinajstić information content (AvgIpc) is 3.51. The second-order valence-corrected chi connectivity index (χ2v) is 8.33. The van der Waals surface area contributed by atoms with Crippen molar-refractivity contribution in [1.29, 1.82) is 0 Å². The second kappa shape index (κ2) is 8.74. The molecule has 1 saturated carbocycles. The molecule has 3 heterocycles. The van der Waals surface area contributed by atoms with Crippen LogP contribution in [-0.2, 0) is 4.79 Å². The molecule has 1 aromatic carbocycles. The topological polar surface area (TPSA) is 122 Å². The van der Waals surface area contributed by atoms with Crippen molar-refractivity contribution in [2.24, 2.45) is 5.92 Å². The van der Waals surface area contributed by atoms with E-state index in [4.69, 9.17) is 5.73 Å². The number of rotatable bonds is 6. The molecule has 8 nitrogen and oxygen atoms in total. The van der Waals surface area contributed by atoms with Gasteiger partial charge < -0.3 is 16.4 Å². The van der Waals surface area contributed by atoms with E-state index in [9.17, 15) is 4.79 Å². The summed E-state index contributed by atoms with van der Waals surface area (Å²) in [7, 11) is 0. The van der Waals surface area contributed by atoms with Gasteiger partial charge in [0.05, 0.1) is 40.7 Å². The van der Waals surface area contributed by atoms with E-state index in [1.165, 1.54) is 0 Å². The lowest BCUT2D eigenvalue weighted by atomic mass is 10.0. The molecule has 0 spiro atoms. The maximum absolute atomic E-state index is 12.5. The van der Waals surface area contributed by atoms with E-state index in [-0.39, 0.29) is 11.8 Å². The molecule has 0 atom stereocenters. The Bertz CT molecular complexity index is 1340. The van der Waals surface area contributed by atoms with E-state index in [2.05, 4.69) is 37.4 Å². The van der Waals surface area contributed by atoms with Gasteiger partial charge in [0, 0.05) is 29.3 Å². The van der Waals surface area contributed by atoms with Crippen molar-refractivity contribution in [3.05, 3.63) is 67.4 Å². The lowest BCUT2D eigenvalue weighted by Gasteiger charge is -2.11. The second-order valence-electron chi connectivity index (χ2n) is 8.33. The number of nitrogen functional groups attached to an aromatic ring is 1. The molecular formula is C25H25N7O. The van der Waals surface area contributed by atoms with Crippen LogP contribution in [0.4, 0.5) is 17.1 Å². The number of nitrogens with zero attached hydrogens (tertiary/aromatic N) is 3. The zero-order valence-corrected chi connectivity index (χ0v) is 18.1. The third kappa shape index (κ3) is 4.27. The van der Waals surface area contributed by atoms with Crippen molar-refractivity contribution in [1.82, 2.24) is 20.2 Å². The van der Waals surface area contributed by atoms with Crippen LogP contribution in [0.5, 0.6) is 0 Å². The van der Waals surface area contributed by atoms with Crippen LogP contribution >= 0.6 is 0 Å². The molecule has 8 heteroatoms. The highest BCUT2D eigenvalue weighted by Crippen LogP contribution is 2.31. The SMILES string of the molecule is C=C(Nc1cnccc1N)c1n[nH]c2ccc(-c3cncc(NC(=O)C4CCCC4)c3)cc12. The lowest BCUT2D eigenvalue weighted by molar-refractivity contribution is -0.119. The first-order valence-corrected chi connectivity index (χ1v) is 11.0. The number of hydrogen-bond acceptors (Lipinski definition) is 6. The summed E-state index contributed by atoms with van der Waals surface area (Å²) in [6, 6.07) is 9.68. The number of pyridine rings is 2. The molecule has 1 aliphatic carbocycles. The number of aromatic nitrogens is 4. The Labute approximate surface area is 191 Å². The van der Waals surface area contributed by atoms with Gasteiger partial charge in [-0.05, 0) is 42.7 Å². The maximum atomic E-state index is 12.5. The lowest BCUT2D eigenvalue weighted by Crippen LogP contribution is -2.20. The van der Waals surface area contributed by atoms with E-state index in [0.29, 0.717) is 28.5 Å². The number of fused-ring (bicyclic) bond motifs is 1. The zero-order valence-electron chi connectivity index (χ0n) is 18.1. The fourth-order valence-electron chi connectivity index (χ4n) is 4.25. The minimum Gasteiger partial charge on any atom is -0.397 e. The van der Waals surface area contributed by atoms with Crippen molar-refractivity contribution in [2.75, 3.05) is 16.4 Å². The number of aromatic amines is 1. The van der Waals surface area contributed by atoms with Crippen LogP contribution in [0.25, 0.3) is 27.7 Å². The van der Waals surface area contributed by atoms with E-state index in [1.807, 2.05) is 24.3 Å². The Morgan fingerprint density at radius 2 is 1.88 bits per heavy atom. The summed E-state index contributed by atoms with van der Waals surface area (Å²) in [6.45, 7) is 4.13. The molecule has 0 radical (unpaired) electrons. The highest BCUT2D eigenvalue weighted by molar-refractivity contribution is 5.96. The molecule has 1 amide bonds. The third-order valence-corrected chi connectivity index (χ3v) is 6.05. The average molecular weight is 440 g/mol. The molecule has 0 bridgehead atoms. The van der Waals surface area contributed by atoms with Gasteiger partial charge in [-0.2, -0.15) is 5.10 Å². The van der Waals surface area contributed by atoms with Gasteiger partial charge in [0.1, 0.15) is 5.69 Å². The Morgan fingerprint density at radius 3 is 2.70 bits per heavy atom. The molecule has 3 aromatic heterocycles. The third-order valence-electron chi connectivity index (χ3n) is 6.05. The number of H-pyrrole nitrogens is 1. The number of hydrogen-bond donors (Lipinski definition) is 4. The van der Waals surface area contributed by atoms with Crippen LogP contribution in [-0.4, -0.2) is 26.1 Å². The highest BCUT2D eigenvalue weighted by Gasteiger charge is 2.22. The number of carbonyl (C=O) groups excluding carboxylic acids is 1. The number of carbonyl (C=O) groups is 1. The van der Waals surface area contributed by atoms with Gasteiger partial charge in [-0.1, -0.05) is 25.5 Å². The quantitative estimate of drug-likeness (QED) is 0.342. The Balaban J connectivity index is 1.41. The molecule has 5 rings (SSSR count). The molecule has 0 unspecified atom stereocenters. The predicted octanol–water partition coefficient (Wildman–Crippen LogP) is 4.81. The molecule has 4 aromatic rings. The van der Waals surface area contributed by atoms with Crippen molar-refractivity contribution in [2.45, 2.75) is 25.7 Å². The van der Waals surface area contributed by atoms with Gasteiger partial charge in [-0.15, -0.1) is 0 Å². The molecule has 33 heavy (non-hydrogen) atoms. The molecule has 1 aliphatic rings. The molecule has 0 aliphatic heterocycles. The standard InChI is InChI=1S/C25H25N7O/c1-15(29-23-14-27-9-8-21(23)26)24-20-11-17(6-7-22(20)31-32-24)18-10-19(13-28-12-18)30-25(33)16-4-2-3-5-16/h6-14,16,29H,1-5H2,(H2,26,27)(H,30,33)(H,31,32). The Kier molecular flexibility index (Phi) is 5.48. The van der Waals surface area contributed by atoms with Gasteiger partial charge in [0.15, 0.2) is 0 Å². The van der Waals surface area contributed by atoms with Crippen LogP contribution in [0.3, 0.4) is 0 Å². The molecule has 166 valence electrons. The van der Waals surface area contributed by atoms with Crippen LogP contribution in [0.15, 0.2) is 61.7 Å². The highest BCUT2D eigenvalue weighted by atomic mass is 16.1. The summed E-state index contributed by atoms with van der Waals surface area (Å²) in [5, 5.41) is 14.6. The summed E-state index contributed by atoms with van der Waals surface area (Å²) < 4.78 is 0.